The molecule has 2 aliphatic rings. The number of nitrogens with two attached hydrogens (primary N) is 1. The highest BCUT2D eigenvalue weighted by Crippen LogP contribution is 2.19. The smallest absolute Gasteiger partial charge is 0.332 e. The molecule has 0 aromatic rings. The first-order valence-electron chi connectivity index (χ1n) is 5.37. The fourth-order valence-corrected chi connectivity index (χ4v) is 1.67. The van der Waals surface area contributed by atoms with Crippen molar-refractivity contribution in [2.24, 2.45) is 5.84 Å². The van der Waals surface area contributed by atoms with E-state index in [1.807, 2.05) is 5.43 Å². The van der Waals surface area contributed by atoms with Gasteiger partial charge in [-0.2, -0.15) is 0 Å². The van der Waals surface area contributed by atoms with Crippen LogP contribution in [0, 0.1) is 0 Å². The summed E-state index contributed by atoms with van der Waals surface area (Å²) in [6.45, 7) is 1.04. The third kappa shape index (κ3) is 2.42. The van der Waals surface area contributed by atoms with E-state index in [-0.39, 0.29) is 18.6 Å². The lowest BCUT2D eigenvalue weighted by molar-refractivity contribution is -0.130. The van der Waals surface area contributed by atoms with Gasteiger partial charge in [-0.15, -0.1) is 0 Å². The van der Waals surface area contributed by atoms with Crippen LogP contribution in [0.2, 0.25) is 0 Å². The summed E-state index contributed by atoms with van der Waals surface area (Å²) in [6, 6.07) is -0.741. The third-order valence-electron chi connectivity index (χ3n) is 2.74. The van der Waals surface area contributed by atoms with Gasteiger partial charge >= 0.3 is 6.03 Å². The van der Waals surface area contributed by atoms with Gasteiger partial charge in [0.25, 0.3) is 0 Å². The van der Waals surface area contributed by atoms with Crippen LogP contribution in [0.3, 0.4) is 0 Å². The van der Waals surface area contributed by atoms with Crippen LogP contribution in [0.25, 0.3) is 0 Å². The van der Waals surface area contributed by atoms with Crippen LogP contribution in [-0.4, -0.2) is 48.7 Å². The van der Waals surface area contributed by atoms with Crippen LogP contribution in [0.1, 0.15) is 12.8 Å². The van der Waals surface area contributed by atoms with Crippen molar-refractivity contribution in [3.63, 3.8) is 0 Å². The minimum absolute atomic E-state index is 0.161. The number of carbonyl (C=O) groups is 2. The topological polar surface area (TPSA) is 96.7 Å². The largest absolute Gasteiger partial charge is 0.377 e. The van der Waals surface area contributed by atoms with Gasteiger partial charge in [-0.3, -0.25) is 10.2 Å². The number of hydrazine groups is 1. The zero-order valence-corrected chi connectivity index (χ0v) is 8.94. The third-order valence-corrected chi connectivity index (χ3v) is 2.74. The molecule has 1 atom stereocenters. The quantitative estimate of drug-likeness (QED) is 0.306. The Bertz CT molecular complexity index is 292. The minimum Gasteiger partial charge on any atom is -0.377 e. The first-order valence-corrected chi connectivity index (χ1v) is 5.37. The zero-order valence-electron chi connectivity index (χ0n) is 8.94. The van der Waals surface area contributed by atoms with Crippen molar-refractivity contribution >= 4 is 11.9 Å². The second kappa shape index (κ2) is 4.67. The van der Waals surface area contributed by atoms with Crippen LogP contribution in [0.4, 0.5) is 4.79 Å². The molecule has 2 fully saturated rings. The molecule has 1 heterocycles. The lowest BCUT2D eigenvalue weighted by atomic mass is 10.2. The molecule has 2 rings (SSSR count). The molecule has 0 aromatic heterocycles. The molecule has 0 spiro atoms. The summed E-state index contributed by atoms with van der Waals surface area (Å²) in [6.07, 6.45) is 2.03. The van der Waals surface area contributed by atoms with Crippen molar-refractivity contribution in [3.8, 4) is 0 Å². The fraction of sp³-hybridized carbons (Fsp3) is 0.778. The molecule has 0 bridgehead atoms. The summed E-state index contributed by atoms with van der Waals surface area (Å²) in [5.74, 6) is 4.90. The highest BCUT2D eigenvalue weighted by atomic mass is 16.5. The summed E-state index contributed by atoms with van der Waals surface area (Å²) in [7, 11) is 0. The Hall–Kier alpha value is -1.34. The lowest BCUT2D eigenvalue weighted by Crippen LogP contribution is -2.59. The molecule has 0 radical (unpaired) electrons. The highest BCUT2D eigenvalue weighted by Gasteiger charge is 2.35. The summed E-state index contributed by atoms with van der Waals surface area (Å²) in [4.78, 5) is 24.7. The van der Waals surface area contributed by atoms with E-state index in [4.69, 9.17) is 10.6 Å². The predicted molar refractivity (Wildman–Crippen MR) is 55.2 cm³/mol. The average molecular weight is 228 g/mol. The Morgan fingerprint density at radius 3 is 2.75 bits per heavy atom. The molecular formula is C9H16N4O3. The van der Waals surface area contributed by atoms with Gasteiger partial charge in [-0.25, -0.2) is 10.6 Å². The molecule has 90 valence electrons. The molecule has 1 aliphatic carbocycles. The molecule has 1 aliphatic heterocycles. The molecule has 0 aromatic carbocycles. The van der Waals surface area contributed by atoms with E-state index in [1.54, 1.807) is 0 Å². The monoisotopic (exact) mass is 228 g/mol. The van der Waals surface area contributed by atoms with Gasteiger partial charge < -0.3 is 15.0 Å². The van der Waals surface area contributed by atoms with Crippen LogP contribution in [0.5, 0.6) is 0 Å². The van der Waals surface area contributed by atoms with E-state index in [2.05, 4.69) is 5.32 Å². The number of nitrogens with zero attached hydrogens (tertiary/aromatic N) is 1. The maximum absolute atomic E-state index is 11.8. The Morgan fingerprint density at radius 1 is 1.38 bits per heavy atom. The van der Waals surface area contributed by atoms with E-state index >= 15 is 0 Å². The van der Waals surface area contributed by atoms with Crippen molar-refractivity contribution in [1.82, 2.24) is 15.6 Å². The molecule has 7 heteroatoms. The fourth-order valence-electron chi connectivity index (χ4n) is 1.67. The number of amides is 3. The van der Waals surface area contributed by atoms with Gasteiger partial charge in [0, 0.05) is 12.6 Å². The summed E-state index contributed by atoms with van der Waals surface area (Å²) in [5.41, 5.74) is 2.04. The van der Waals surface area contributed by atoms with Crippen molar-refractivity contribution in [2.75, 3.05) is 19.8 Å². The Labute approximate surface area is 93.3 Å². The molecule has 1 saturated heterocycles. The van der Waals surface area contributed by atoms with Gasteiger partial charge in [-0.1, -0.05) is 0 Å². The number of hydrogen-bond acceptors (Lipinski definition) is 4. The second-order valence-corrected chi connectivity index (χ2v) is 4.02. The van der Waals surface area contributed by atoms with Crippen molar-refractivity contribution < 1.29 is 14.3 Å². The number of ether oxygens (including phenoxy) is 1. The van der Waals surface area contributed by atoms with Crippen LogP contribution in [0.15, 0.2) is 0 Å². The number of hydrogen-bond donors (Lipinski definition) is 3. The van der Waals surface area contributed by atoms with E-state index in [0.29, 0.717) is 13.2 Å². The summed E-state index contributed by atoms with van der Waals surface area (Å²) >= 11 is 0. The van der Waals surface area contributed by atoms with Gasteiger partial charge in [-0.05, 0) is 12.8 Å². The van der Waals surface area contributed by atoms with Crippen molar-refractivity contribution in [1.29, 1.82) is 0 Å². The molecular weight excluding hydrogens is 212 g/mol. The SMILES string of the molecule is NNC(=O)N1CCOCC1C(=O)NC1CC1. The first kappa shape index (κ1) is 11.2. The molecule has 7 nitrogen and oxygen atoms in total. The number of rotatable bonds is 2. The van der Waals surface area contributed by atoms with E-state index < -0.39 is 12.1 Å². The molecule has 16 heavy (non-hydrogen) atoms. The van der Waals surface area contributed by atoms with Crippen LogP contribution < -0.4 is 16.6 Å². The number of nitrogens with one attached hydrogen (secondary N) is 2. The number of urea groups is 1. The van der Waals surface area contributed by atoms with Crippen LogP contribution in [-0.2, 0) is 9.53 Å². The number of carbonyl (C=O) groups excluding carboxylic acids is 2. The molecule has 4 N–H and O–H groups in total. The standard InChI is InChI=1S/C9H16N4O3/c10-12-9(15)13-3-4-16-5-7(13)8(14)11-6-1-2-6/h6-7H,1-5,10H2,(H,11,14)(H,12,15). The number of morpholine rings is 1. The zero-order chi connectivity index (χ0) is 11.5. The van der Waals surface area contributed by atoms with Gasteiger partial charge in [0.15, 0.2) is 0 Å². The first-order chi connectivity index (χ1) is 7.72. The average Bonchev–Trinajstić information content (AvgIpc) is 3.12. The van der Waals surface area contributed by atoms with E-state index in [9.17, 15) is 9.59 Å². The van der Waals surface area contributed by atoms with Gasteiger partial charge in [0.1, 0.15) is 6.04 Å². The minimum atomic E-state index is -0.571. The van der Waals surface area contributed by atoms with E-state index in [1.165, 1.54) is 4.90 Å². The lowest BCUT2D eigenvalue weighted by Gasteiger charge is -2.33. The Kier molecular flexibility index (Phi) is 3.25. The Morgan fingerprint density at radius 2 is 2.12 bits per heavy atom. The predicted octanol–water partition coefficient (Wildman–Crippen LogP) is -1.45. The molecule has 1 unspecified atom stereocenters. The van der Waals surface area contributed by atoms with Crippen molar-refractivity contribution in [2.45, 2.75) is 24.9 Å². The maximum Gasteiger partial charge on any atom is 0.332 e. The normalized spacial score (nSPS) is 25.1. The second-order valence-electron chi connectivity index (χ2n) is 4.02. The maximum atomic E-state index is 11.8. The summed E-state index contributed by atoms with van der Waals surface area (Å²) < 4.78 is 5.21. The van der Waals surface area contributed by atoms with Crippen molar-refractivity contribution in [3.05, 3.63) is 0 Å². The van der Waals surface area contributed by atoms with E-state index in [0.717, 1.165) is 12.8 Å². The highest BCUT2D eigenvalue weighted by molar-refractivity contribution is 5.87. The molecule has 1 saturated carbocycles. The molecule has 3 amide bonds. The summed E-state index contributed by atoms with van der Waals surface area (Å²) in [5, 5.41) is 2.85. The van der Waals surface area contributed by atoms with Gasteiger partial charge in [0.2, 0.25) is 5.91 Å². The Balaban J connectivity index is 1.96. The van der Waals surface area contributed by atoms with Gasteiger partial charge in [0.05, 0.1) is 13.2 Å². The van der Waals surface area contributed by atoms with Crippen LogP contribution >= 0.6 is 0 Å².